The molecule has 198 valence electrons. The van der Waals surface area contributed by atoms with Crippen molar-refractivity contribution in [3.63, 3.8) is 0 Å². The summed E-state index contributed by atoms with van der Waals surface area (Å²) in [5, 5.41) is 2.40. The van der Waals surface area contributed by atoms with Crippen LogP contribution < -0.4 is 4.90 Å². The molecule has 0 fully saturated rings. The van der Waals surface area contributed by atoms with Crippen molar-refractivity contribution in [3.8, 4) is 16.9 Å². The van der Waals surface area contributed by atoms with Gasteiger partial charge in [-0.25, -0.2) is 19.9 Å². The van der Waals surface area contributed by atoms with E-state index in [-0.39, 0.29) is 0 Å². The Labute approximate surface area is 242 Å². The molecular weight excluding hydrogens is 516 g/mol. The van der Waals surface area contributed by atoms with Crippen LogP contribution in [0.25, 0.3) is 50.0 Å². The highest BCUT2D eigenvalue weighted by molar-refractivity contribution is 6.10. The smallest absolute Gasteiger partial charge is 0.198 e. The molecule has 0 atom stereocenters. The van der Waals surface area contributed by atoms with Gasteiger partial charge in [0.25, 0.3) is 0 Å². The first-order chi connectivity index (χ1) is 20.8. The molecule has 0 radical (unpaired) electrons. The molecular formula is C36H24N6. The van der Waals surface area contributed by atoms with Crippen LogP contribution in [0.15, 0.2) is 146 Å². The van der Waals surface area contributed by atoms with E-state index in [9.17, 15) is 0 Å². The van der Waals surface area contributed by atoms with Crippen molar-refractivity contribution < 1.29 is 0 Å². The van der Waals surface area contributed by atoms with E-state index in [0.29, 0.717) is 11.3 Å². The van der Waals surface area contributed by atoms with Gasteiger partial charge in [0.05, 0.1) is 22.9 Å². The first-order valence-electron chi connectivity index (χ1n) is 13.8. The lowest BCUT2D eigenvalue weighted by atomic mass is 10.1. The first kappa shape index (κ1) is 24.0. The number of aromatic nitrogens is 5. The largest absolute Gasteiger partial charge is 0.310 e. The highest BCUT2D eigenvalue weighted by atomic mass is 15.1. The molecule has 8 rings (SSSR count). The maximum atomic E-state index is 4.67. The molecule has 0 saturated carbocycles. The number of para-hydroxylation sites is 3. The van der Waals surface area contributed by atoms with Crippen LogP contribution in [0.1, 0.15) is 0 Å². The summed E-state index contributed by atoms with van der Waals surface area (Å²) in [6.07, 6.45) is 5.01. The average Bonchev–Trinajstić information content (AvgIpc) is 3.39. The molecule has 6 nitrogen and oxygen atoms in total. The Morgan fingerprint density at radius 3 is 1.88 bits per heavy atom. The average molecular weight is 541 g/mol. The van der Waals surface area contributed by atoms with Crippen molar-refractivity contribution in [1.82, 2.24) is 24.5 Å². The van der Waals surface area contributed by atoms with E-state index < -0.39 is 0 Å². The summed E-state index contributed by atoms with van der Waals surface area (Å²) in [7, 11) is 0. The second-order valence-electron chi connectivity index (χ2n) is 10.1. The number of rotatable bonds is 5. The third kappa shape index (κ3) is 4.05. The van der Waals surface area contributed by atoms with Crippen LogP contribution in [0.5, 0.6) is 0 Å². The van der Waals surface area contributed by atoms with Crippen molar-refractivity contribution in [2.24, 2.45) is 0 Å². The topological polar surface area (TPSA) is 59.7 Å². The van der Waals surface area contributed by atoms with Crippen LogP contribution in [-0.4, -0.2) is 24.5 Å². The van der Waals surface area contributed by atoms with Crippen LogP contribution in [0.3, 0.4) is 0 Å². The van der Waals surface area contributed by atoms with Gasteiger partial charge in [-0.05, 0) is 60.7 Å². The normalized spacial score (nSPS) is 11.3. The zero-order valence-corrected chi connectivity index (χ0v) is 22.5. The summed E-state index contributed by atoms with van der Waals surface area (Å²) in [4.78, 5) is 19.9. The molecule has 0 saturated heterocycles. The fourth-order valence-electron chi connectivity index (χ4n) is 5.66. The van der Waals surface area contributed by atoms with Gasteiger partial charge in [-0.3, -0.25) is 0 Å². The number of hydrogen-bond acceptors (Lipinski definition) is 5. The predicted octanol–water partition coefficient (Wildman–Crippen LogP) is 8.65. The van der Waals surface area contributed by atoms with Crippen molar-refractivity contribution >= 4 is 50.2 Å². The van der Waals surface area contributed by atoms with Gasteiger partial charge in [-0.1, -0.05) is 66.7 Å². The van der Waals surface area contributed by atoms with Crippen molar-refractivity contribution in [1.29, 1.82) is 0 Å². The number of hydrogen-bond donors (Lipinski definition) is 0. The Kier molecular flexibility index (Phi) is 5.67. The molecule has 0 bridgehead atoms. The summed E-state index contributed by atoms with van der Waals surface area (Å²) in [6.45, 7) is 0. The monoisotopic (exact) mass is 540 g/mol. The summed E-state index contributed by atoms with van der Waals surface area (Å²) in [6, 6.07) is 44.8. The summed E-state index contributed by atoms with van der Waals surface area (Å²) in [5.41, 5.74) is 9.55. The maximum Gasteiger partial charge on any atom is 0.198 e. The van der Waals surface area contributed by atoms with Gasteiger partial charge in [-0.15, -0.1) is 0 Å². The van der Waals surface area contributed by atoms with Gasteiger partial charge in [0.15, 0.2) is 11.3 Å². The zero-order chi connectivity index (χ0) is 27.9. The number of fused-ring (bicyclic) bond motifs is 4. The third-order valence-electron chi connectivity index (χ3n) is 7.56. The van der Waals surface area contributed by atoms with Gasteiger partial charge < -0.3 is 9.47 Å². The minimum Gasteiger partial charge on any atom is -0.310 e. The van der Waals surface area contributed by atoms with E-state index in [1.165, 1.54) is 10.8 Å². The fourth-order valence-corrected chi connectivity index (χ4v) is 5.66. The molecule has 8 aromatic rings. The highest BCUT2D eigenvalue weighted by Gasteiger charge is 2.17. The summed E-state index contributed by atoms with van der Waals surface area (Å²) >= 11 is 0. The minimum atomic E-state index is 0.539. The van der Waals surface area contributed by atoms with Gasteiger partial charge in [0, 0.05) is 51.5 Å². The lowest BCUT2D eigenvalue weighted by Gasteiger charge is -2.25. The molecule has 0 aliphatic rings. The molecule has 6 heteroatoms. The summed E-state index contributed by atoms with van der Waals surface area (Å²) < 4.78 is 2.32. The molecule has 0 unspecified atom stereocenters. The molecule has 0 amide bonds. The third-order valence-corrected chi connectivity index (χ3v) is 7.56. The van der Waals surface area contributed by atoms with Gasteiger partial charge in [0.1, 0.15) is 0 Å². The van der Waals surface area contributed by atoms with E-state index >= 15 is 0 Å². The van der Waals surface area contributed by atoms with E-state index in [1.807, 2.05) is 0 Å². The Hall–Kier alpha value is -5.88. The van der Waals surface area contributed by atoms with Crippen LogP contribution >= 0.6 is 0 Å². The number of nitrogens with zero attached hydrogens (tertiary/aromatic N) is 6. The van der Waals surface area contributed by atoms with Gasteiger partial charge in [-0.2, -0.15) is 0 Å². The van der Waals surface area contributed by atoms with E-state index in [2.05, 4.69) is 157 Å². The first-order valence-corrected chi connectivity index (χ1v) is 13.8. The lowest BCUT2D eigenvalue weighted by molar-refractivity contribution is 1.16. The quantitative estimate of drug-likeness (QED) is 0.219. The van der Waals surface area contributed by atoms with E-state index in [0.717, 1.165) is 45.0 Å². The molecule has 0 aliphatic carbocycles. The van der Waals surface area contributed by atoms with Gasteiger partial charge >= 0.3 is 0 Å². The van der Waals surface area contributed by atoms with Gasteiger partial charge in [0.2, 0.25) is 0 Å². The lowest BCUT2D eigenvalue weighted by Crippen LogP contribution is -2.09. The maximum absolute atomic E-state index is 4.67. The van der Waals surface area contributed by atoms with Crippen molar-refractivity contribution in [2.75, 3.05) is 4.90 Å². The predicted molar refractivity (Wildman–Crippen MR) is 170 cm³/mol. The molecule has 0 N–H and O–H groups in total. The van der Waals surface area contributed by atoms with E-state index in [1.54, 1.807) is 18.6 Å². The minimum absolute atomic E-state index is 0.539. The molecule has 5 aromatic carbocycles. The van der Waals surface area contributed by atoms with Crippen LogP contribution in [-0.2, 0) is 0 Å². The van der Waals surface area contributed by atoms with Crippen molar-refractivity contribution in [2.45, 2.75) is 0 Å². The second kappa shape index (κ2) is 9.94. The molecule has 3 heterocycles. The Morgan fingerprint density at radius 2 is 1.14 bits per heavy atom. The molecule has 42 heavy (non-hydrogen) atoms. The molecule has 0 spiro atoms. The van der Waals surface area contributed by atoms with E-state index in [4.69, 9.17) is 0 Å². The van der Waals surface area contributed by atoms with Crippen LogP contribution in [0, 0.1) is 0 Å². The Bertz CT molecular complexity index is 2150. The second-order valence-corrected chi connectivity index (χ2v) is 10.1. The molecule has 3 aromatic heterocycles. The van der Waals surface area contributed by atoms with Crippen LogP contribution in [0.4, 0.5) is 17.1 Å². The van der Waals surface area contributed by atoms with Crippen molar-refractivity contribution in [3.05, 3.63) is 146 Å². The highest BCUT2D eigenvalue weighted by Crippen LogP contribution is 2.39. The van der Waals surface area contributed by atoms with Crippen LogP contribution in [0.2, 0.25) is 0 Å². The Morgan fingerprint density at radius 1 is 0.500 bits per heavy atom. The number of benzene rings is 5. The number of anilines is 3. The Balaban J connectivity index is 1.26. The standard InChI is InChI=1S/C36H24N6/c1-3-9-26(10-4-1)41(27-11-5-2-6-12-27)29-19-20-34-31(23-29)30-13-7-8-14-33(30)42(34)28-17-15-25(16-18-28)32-24-39-35-36(40-32)38-22-21-37-35/h1-24H. The molecule has 0 aliphatic heterocycles. The summed E-state index contributed by atoms with van der Waals surface area (Å²) in [5.74, 6) is 0. The fraction of sp³-hybridized carbons (Fsp3) is 0. The SMILES string of the molecule is c1ccc(N(c2ccccc2)c2ccc3c(c2)c2ccccc2n3-c2ccc(-c3cnc4nccnc4n3)cc2)cc1. The zero-order valence-electron chi connectivity index (χ0n) is 22.5.